The van der Waals surface area contributed by atoms with E-state index in [2.05, 4.69) is 28.2 Å². The van der Waals surface area contributed by atoms with Crippen molar-refractivity contribution in [3.8, 4) is 22.4 Å². The quantitative estimate of drug-likeness (QED) is 0.138. The molecule has 1 saturated heterocycles. The second-order valence-corrected chi connectivity index (χ2v) is 16.0. The fraction of sp³-hybridized carbons (Fsp3) is 0.525. The van der Waals surface area contributed by atoms with E-state index >= 15 is 0 Å². The average Bonchev–Trinajstić information content (AvgIpc) is 3.82. The molecule has 2 fully saturated rings. The number of H-pyrrole nitrogens is 1. The highest BCUT2D eigenvalue weighted by Crippen LogP contribution is 2.43. The molecule has 0 radical (unpaired) electrons. The lowest BCUT2D eigenvalue weighted by Gasteiger charge is -2.35. The fourth-order valence-electron chi connectivity index (χ4n) is 7.51. The number of piperidine rings is 1. The Morgan fingerprint density at radius 3 is 2.29 bits per heavy atom. The number of nitrogens with one attached hydrogen (secondary N) is 1. The molecule has 11 nitrogen and oxygen atoms in total. The molecule has 2 amide bonds. The summed E-state index contributed by atoms with van der Waals surface area (Å²) in [6, 6.07) is 11.2. The van der Waals surface area contributed by atoms with Crippen LogP contribution in [0, 0.1) is 5.92 Å². The molecule has 2 aliphatic carbocycles. The van der Waals surface area contributed by atoms with Crippen molar-refractivity contribution < 1.29 is 33.4 Å². The Morgan fingerprint density at radius 2 is 1.61 bits per heavy atom. The third kappa shape index (κ3) is 8.13. The number of nitrogens with zero attached hydrogens (tertiary/aromatic N) is 3. The summed E-state index contributed by atoms with van der Waals surface area (Å²) in [5.74, 6) is -0.121. The maximum atomic E-state index is 13.2. The SMILES string of the molecule is CCCN(Cc1ncc(-c2ccc3c(c2)CCc2cc(C(=O)COC(=O)[C@@H]4C5CCC(C5)N4C(=O)OC(C)(C)C)ccc2-3)[nH]1)C(=O)OC(C)(C)C. The van der Waals surface area contributed by atoms with Crippen molar-refractivity contribution in [3.05, 3.63) is 65.1 Å². The Morgan fingerprint density at radius 1 is 0.922 bits per heavy atom. The lowest BCUT2D eigenvalue weighted by Crippen LogP contribution is -2.51. The number of esters is 1. The number of ether oxygens (including phenoxy) is 3. The largest absolute Gasteiger partial charge is 0.456 e. The summed E-state index contributed by atoms with van der Waals surface area (Å²) < 4.78 is 16.7. The van der Waals surface area contributed by atoms with Crippen molar-refractivity contribution in [2.24, 2.45) is 5.92 Å². The second kappa shape index (κ2) is 14.2. The highest BCUT2D eigenvalue weighted by Gasteiger charge is 2.53. The summed E-state index contributed by atoms with van der Waals surface area (Å²) in [5.41, 5.74) is 5.57. The molecule has 2 heterocycles. The van der Waals surface area contributed by atoms with Gasteiger partial charge in [-0.3, -0.25) is 9.69 Å². The smallest absolute Gasteiger partial charge is 0.411 e. The van der Waals surface area contributed by atoms with E-state index in [1.165, 1.54) is 10.5 Å². The summed E-state index contributed by atoms with van der Waals surface area (Å²) in [5, 5.41) is 0. The molecular weight excluding hydrogens is 648 g/mol. The standard InChI is InChI=1S/C40H50N4O7/c1-8-17-43(37(47)50-39(2,3)4)22-34-41-21-32(42-34)26-12-15-30-24(18-26)9-10-25-19-27(13-16-31(25)30)33(45)23-49-36(46)35-28-11-14-29(20-28)44(35)38(48)51-40(5,6)7/h12-13,15-16,18-19,21,28-29,35H,8-11,14,17,20,22-23H2,1-7H3,(H,41,42)/t28?,29?,35-/m0/s1. The average molecular weight is 699 g/mol. The number of imidazole rings is 1. The van der Waals surface area contributed by atoms with Gasteiger partial charge in [-0.15, -0.1) is 0 Å². The predicted molar refractivity (Wildman–Crippen MR) is 192 cm³/mol. The zero-order chi connectivity index (χ0) is 36.7. The topological polar surface area (TPSA) is 131 Å². The molecular formula is C40H50N4O7. The molecule has 1 saturated carbocycles. The first-order valence-electron chi connectivity index (χ1n) is 18.1. The molecule has 2 bridgehead atoms. The minimum Gasteiger partial charge on any atom is -0.456 e. The third-order valence-electron chi connectivity index (χ3n) is 9.69. The van der Waals surface area contributed by atoms with Gasteiger partial charge in [0.05, 0.1) is 18.4 Å². The van der Waals surface area contributed by atoms with Gasteiger partial charge in [0.2, 0.25) is 0 Å². The van der Waals surface area contributed by atoms with Gasteiger partial charge in [0, 0.05) is 18.2 Å². The van der Waals surface area contributed by atoms with E-state index in [4.69, 9.17) is 14.2 Å². The Hall–Kier alpha value is -4.67. The first kappa shape index (κ1) is 36.1. The second-order valence-electron chi connectivity index (χ2n) is 16.0. The number of Topliss-reactive ketones (excluding diaryl/α,β-unsaturated/α-hetero) is 1. The van der Waals surface area contributed by atoms with Crippen LogP contribution in [0.4, 0.5) is 9.59 Å². The molecule has 3 aliphatic rings. The zero-order valence-electron chi connectivity index (χ0n) is 30.8. The number of carbonyl (C=O) groups is 4. The third-order valence-corrected chi connectivity index (χ3v) is 9.69. The van der Waals surface area contributed by atoms with Crippen LogP contribution in [0.5, 0.6) is 0 Å². The van der Waals surface area contributed by atoms with Gasteiger partial charge < -0.3 is 24.1 Å². The molecule has 2 aromatic carbocycles. The number of aromatic amines is 1. The molecule has 1 aliphatic heterocycles. The lowest BCUT2D eigenvalue weighted by molar-refractivity contribution is -0.150. The molecule has 2 unspecified atom stereocenters. The number of rotatable bonds is 9. The molecule has 1 N–H and O–H groups in total. The maximum absolute atomic E-state index is 13.2. The first-order chi connectivity index (χ1) is 24.1. The van der Waals surface area contributed by atoms with Crippen molar-refractivity contribution in [3.63, 3.8) is 0 Å². The summed E-state index contributed by atoms with van der Waals surface area (Å²) in [4.78, 5) is 63.4. The monoisotopic (exact) mass is 698 g/mol. The maximum Gasteiger partial charge on any atom is 0.411 e. The molecule has 272 valence electrons. The fourth-order valence-corrected chi connectivity index (χ4v) is 7.51. The van der Waals surface area contributed by atoms with E-state index in [0.29, 0.717) is 24.5 Å². The van der Waals surface area contributed by atoms with Gasteiger partial charge in [-0.2, -0.15) is 0 Å². The van der Waals surface area contributed by atoms with Crippen LogP contribution in [-0.2, 0) is 38.4 Å². The molecule has 51 heavy (non-hydrogen) atoms. The van der Waals surface area contributed by atoms with E-state index in [0.717, 1.165) is 66.5 Å². The van der Waals surface area contributed by atoms with Gasteiger partial charge in [-0.1, -0.05) is 31.2 Å². The van der Waals surface area contributed by atoms with Crippen LogP contribution in [0.15, 0.2) is 42.6 Å². The highest BCUT2D eigenvalue weighted by atomic mass is 16.6. The van der Waals surface area contributed by atoms with Crippen LogP contribution in [-0.4, -0.2) is 80.1 Å². The van der Waals surface area contributed by atoms with Crippen molar-refractivity contribution in [2.75, 3.05) is 13.2 Å². The number of likely N-dealkylation sites (tertiary alicyclic amines) is 1. The van der Waals surface area contributed by atoms with Crippen LogP contribution in [0.3, 0.4) is 0 Å². The van der Waals surface area contributed by atoms with Gasteiger partial charge in [0.15, 0.2) is 12.4 Å². The number of hydrogen-bond donors (Lipinski definition) is 1. The normalized spacial score (nSPS) is 19.3. The predicted octanol–water partition coefficient (Wildman–Crippen LogP) is 7.50. The lowest BCUT2D eigenvalue weighted by atomic mass is 9.83. The van der Waals surface area contributed by atoms with Crippen LogP contribution in [0.1, 0.15) is 101 Å². The summed E-state index contributed by atoms with van der Waals surface area (Å²) in [6.45, 7) is 13.5. The van der Waals surface area contributed by atoms with E-state index in [1.54, 1.807) is 37.9 Å². The molecule has 11 heteroatoms. The summed E-state index contributed by atoms with van der Waals surface area (Å²) in [6.07, 6.45) is 5.74. The zero-order valence-corrected chi connectivity index (χ0v) is 30.8. The number of amides is 2. The number of fused-ring (bicyclic) bond motifs is 5. The number of benzene rings is 2. The van der Waals surface area contributed by atoms with Crippen LogP contribution in [0.2, 0.25) is 0 Å². The van der Waals surface area contributed by atoms with Crippen LogP contribution >= 0.6 is 0 Å². The molecule has 3 aromatic rings. The summed E-state index contributed by atoms with van der Waals surface area (Å²) >= 11 is 0. The number of hydrogen-bond acceptors (Lipinski definition) is 8. The van der Waals surface area contributed by atoms with E-state index in [9.17, 15) is 19.2 Å². The first-order valence-corrected chi connectivity index (χ1v) is 18.1. The highest BCUT2D eigenvalue weighted by molar-refractivity contribution is 5.99. The van der Waals surface area contributed by atoms with Gasteiger partial charge in [0.25, 0.3) is 0 Å². The van der Waals surface area contributed by atoms with Crippen molar-refractivity contribution in [1.29, 1.82) is 0 Å². The van der Waals surface area contributed by atoms with E-state index < -0.39 is 29.3 Å². The van der Waals surface area contributed by atoms with Gasteiger partial charge >= 0.3 is 18.2 Å². The molecule has 3 atom stereocenters. The van der Waals surface area contributed by atoms with Crippen molar-refractivity contribution >= 4 is 23.9 Å². The Balaban J connectivity index is 1.10. The van der Waals surface area contributed by atoms with Gasteiger partial charge in [-0.05, 0) is 126 Å². The van der Waals surface area contributed by atoms with Gasteiger partial charge in [-0.25, -0.2) is 19.4 Å². The van der Waals surface area contributed by atoms with Crippen molar-refractivity contribution in [2.45, 2.75) is 117 Å². The Labute approximate surface area is 300 Å². The number of ketones is 1. The summed E-state index contributed by atoms with van der Waals surface area (Å²) in [7, 11) is 0. The number of aromatic nitrogens is 2. The van der Waals surface area contributed by atoms with Crippen molar-refractivity contribution in [1.82, 2.24) is 19.8 Å². The van der Waals surface area contributed by atoms with Crippen LogP contribution in [0.25, 0.3) is 22.4 Å². The Kier molecular flexibility index (Phi) is 10.0. The van der Waals surface area contributed by atoms with Crippen LogP contribution < -0.4 is 0 Å². The van der Waals surface area contributed by atoms with Gasteiger partial charge in [0.1, 0.15) is 23.1 Å². The Bertz CT molecular complexity index is 1820. The number of carbonyl (C=O) groups excluding carboxylic acids is 4. The molecule has 6 rings (SSSR count). The number of aryl methyl sites for hydroxylation is 2. The minimum absolute atomic E-state index is 0.0186. The molecule has 0 spiro atoms. The minimum atomic E-state index is -0.724. The van der Waals surface area contributed by atoms with E-state index in [1.807, 2.05) is 39.8 Å². The molecule has 1 aromatic heterocycles. The van der Waals surface area contributed by atoms with E-state index in [-0.39, 0.29) is 30.4 Å².